The Hall–Kier alpha value is -4.26. The van der Waals surface area contributed by atoms with Crippen molar-refractivity contribution in [3.63, 3.8) is 0 Å². The third-order valence-corrected chi connectivity index (χ3v) is 5.44. The highest BCUT2D eigenvalue weighted by Gasteiger charge is 2.34. The molecule has 158 valence electrons. The second kappa shape index (κ2) is 8.11. The maximum atomic E-state index is 13.4. The lowest BCUT2D eigenvalue weighted by Gasteiger charge is -2.28. The minimum Gasteiger partial charge on any atom is -0.328 e. The summed E-state index contributed by atoms with van der Waals surface area (Å²) in [5.74, 6) is 0.995. The third kappa shape index (κ3) is 3.65. The van der Waals surface area contributed by atoms with E-state index in [0.29, 0.717) is 23.0 Å². The van der Waals surface area contributed by atoms with Gasteiger partial charge >= 0.3 is 0 Å². The molecule has 32 heavy (non-hydrogen) atoms. The summed E-state index contributed by atoms with van der Waals surface area (Å²) in [5.41, 5.74) is 4.99. The lowest BCUT2D eigenvalue weighted by Crippen LogP contribution is -2.31. The zero-order valence-corrected chi connectivity index (χ0v) is 17.8. The van der Waals surface area contributed by atoms with E-state index in [9.17, 15) is 4.79 Å². The minimum atomic E-state index is -0.421. The number of carbonyl (C=O) groups is 1. The number of aryl methyl sites for hydroxylation is 1. The Morgan fingerprint density at radius 1 is 1.00 bits per heavy atom. The van der Waals surface area contributed by atoms with Gasteiger partial charge in [-0.15, -0.1) is 5.10 Å². The summed E-state index contributed by atoms with van der Waals surface area (Å²) in [6.45, 7) is 3.93. The summed E-state index contributed by atoms with van der Waals surface area (Å²) in [4.78, 5) is 22.2. The average molecular weight is 422 g/mol. The number of anilines is 2. The molecule has 0 radical (unpaired) electrons. The molecule has 0 fully saturated rings. The summed E-state index contributed by atoms with van der Waals surface area (Å²) in [5, 5.41) is 11.0. The van der Waals surface area contributed by atoms with Crippen LogP contribution in [0.1, 0.15) is 24.1 Å². The summed E-state index contributed by atoms with van der Waals surface area (Å²) in [6.07, 6.45) is 3.29. The van der Waals surface area contributed by atoms with Crippen LogP contribution in [0.2, 0.25) is 0 Å². The predicted octanol–water partition coefficient (Wildman–Crippen LogP) is 4.58. The predicted molar refractivity (Wildman–Crippen MR) is 124 cm³/mol. The molecule has 2 aromatic heterocycles. The molecule has 0 bridgehead atoms. The van der Waals surface area contributed by atoms with Gasteiger partial charge in [0, 0.05) is 17.5 Å². The van der Waals surface area contributed by atoms with Crippen LogP contribution >= 0.6 is 0 Å². The number of rotatable bonds is 4. The van der Waals surface area contributed by atoms with Crippen LogP contribution in [-0.2, 0) is 4.79 Å². The van der Waals surface area contributed by atoms with Crippen molar-refractivity contribution in [2.75, 3.05) is 10.6 Å². The van der Waals surface area contributed by atoms with Crippen LogP contribution in [0.3, 0.4) is 0 Å². The van der Waals surface area contributed by atoms with E-state index in [4.69, 9.17) is 10.1 Å². The highest BCUT2D eigenvalue weighted by Crippen LogP contribution is 2.36. The van der Waals surface area contributed by atoms with Crippen LogP contribution in [0.5, 0.6) is 0 Å². The van der Waals surface area contributed by atoms with E-state index in [1.807, 2.05) is 74.5 Å². The van der Waals surface area contributed by atoms with Gasteiger partial charge in [0.15, 0.2) is 5.82 Å². The molecule has 1 aliphatic heterocycles. The number of nitrogens with one attached hydrogen (secondary N) is 2. The number of allylic oxidation sites excluding steroid dienone is 1. The molecule has 1 amide bonds. The number of pyridine rings is 1. The van der Waals surface area contributed by atoms with Crippen LogP contribution in [0.4, 0.5) is 11.6 Å². The summed E-state index contributed by atoms with van der Waals surface area (Å²) in [6, 6.07) is 21.1. The fourth-order valence-electron chi connectivity index (χ4n) is 3.85. The average Bonchev–Trinajstić information content (AvgIpc) is 3.23. The Morgan fingerprint density at radius 2 is 1.78 bits per heavy atom. The van der Waals surface area contributed by atoms with Gasteiger partial charge in [-0.05, 0) is 31.5 Å². The minimum absolute atomic E-state index is 0.213. The highest BCUT2D eigenvalue weighted by atomic mass is 16.1. The van der Waals surface area contributed by atoms with Crippen molar-refractivity contribution < 1.29 is 4.79 Å². The maximum Gasteiger partial charge on any atom is 0.255 e. The second-order valence-electron chi connectivity index (χ2n) is 7.74. The number of hydrogen-bond donors (Lipinski definition) is 2. The Kier molecular flexibility index (Phi) is 4.99. The number of nitrogens with zero attached hydrogens (tertiary/aromatic N) is 4. The Balaban J connectivity index is 1.59. The zero-order valence-electron chi connectivity index (χ0n) is 17.8. The first-order valence-corrected chi connectivity index (χ1v) is 10.4. The SMILES string of the molecule is CC1=C(C(=O)Nc2cccnc2)C(c2ccccc2)n2nc(-c3ccc(C)cc3)nc2N1. The van der Waals surface area contributed by atoms with Gasteiger partial charge in [0.1, 0.15) is 6.04 Å². The van der Waals surface area contributed by atoms with Crippen molar-refractivity contribution in [1.29, 1.82) is 0 Å². The first-order valence-electron chi connectivity index (χ1n) is 10.4. The smallest absolute Gasteiger partial charge is 0.255 e. The molecule has 2 N–H and O–H groups in total. The second-order valence-corrected chi connectivity index (χ2v) is 7.74. The monoisotopic (exact) mass is 422 g/mol. The largest absolute Gasteiger partial charge is 0.328 e. The van der Waals surface area contributed by atoms with Crippen molar-refractivity contribution in [3.8, 4) is 11.4 Å². The van der Waals surface area contributed by atoms with Crippen molar-refractivity contribution in [3.05, 3.63) is 102 Å². The number of carbonyl (C=O) groups excluding carboxylic acids is 1. The Morgan fingerprint density at radius 3 is 2.50 bits per heavy atom. The lowest BCUT2D eigenvalue weighted by molar-refractivity contribution is -0.113. The highest BCUT2D eigenvalue weighted by molar-refractivity contribution is 6.05. The molecule has 0 aliphatic carbocycles. The number of fused-ring (bicyclic) bond motifs is 1. The van der Waals surface area contributed by atoms with E-state index in [2.05, 4.69) is 15.6 Å². The summed E-state index contributed by atoms with van der Waals surface area (Å²) in [7, 11) is 0. The molecular formula is C25H22N6O. The van der Waals surface area contributed by atoms with Gasteiger partial charge in [0.2, 0.25) is 5.95 Å². The number of hydrogen-bond acceptors (Lipinski definition) is 5. The normalized spacial score (nSPS) is 15.1. The van der Waals surface area contributed by atoms with Crippen LogP contribution < -0.4 is 10.6 Å². The van der Waals surface area contributed by atoms with Crippen molar-refractivity contribution in [2.45, 2.75) is 19.9 Å². The molecule has 7 heteroatoms. The summed E-state index contributed by atoms with van der Waals surface area (Å²) >= 11 is 0. The number of benzene rings is 2. The fraction of sp³-hybridized carbons (Fsp3) is 0.120. The molecule has 0 spiro atoms. The molecule has 1 aliphatic rings. The van der Waals surface area contributed by atoms with Crippen LogP contribution in [0.15, 0.2) is 90.4 Å². The van der Waals surface area contributed by atoms with E-state index in [1.54, 1.807) is 23.1 Å². The molecule has 4 aromatic rings. The van der Waals surface area contributed by atoms with Gasteiger partial charge in [-0.25, -0.2) is 4.68 Å². The van der Waals surface area contributed by atoms with E-state index >= 15 is 0 Å². The Bertz CT molecular complexity index is 1290. The first kappa shape index (κ1) is 19.7. The maximum absolute atomic E-state index is 13.4. The van der Waals surface area contributed by atoms with Gasteiger partial charge in [-0.2, -0.15) is 4.98 Å². The van der Waals surface area contributed by atoms with Gasteiger partial charge in [-0.1, -0.05) is 60.2 Å². The van der Waals surface area contributed by atoms with Crippen LogP contribution in [-0.4, -0.2) is 25.7 Å². The molecule has 1 unspecified atom stereocenters. The van der Waals surface area contributed by atoms with Crippen molar-refractivity contribution in [2.24, 2.45) is 0 Å². The first-order chi connectivity index (χ1) is 15.6. The molecule has 7 nitrogen and oxygen atoms in total. The molecular weight excluding hydrogens is 400 g/mol. The lowest BCUT2D eigenvalue weighted by atomic mass is 9.95. The van der Waals surface area contributed by atoms with E-state index in [-0.39, 0.29) is 5.91 Å². The van der Waals surface area contributed by atoms with Gasteiger partial charge in [0.25, 0.3) is 5.91 Å². The van der Waals surface area contributed by atoms with Gasteiger partial charge in [0.05, 0.1) is 17.5 Å². The number of amides is 1. The quantitative estimate of drug-likeness (QED) is 0.503. The van der Waals surface area contributed by atoms with Crippen molar-refractivity contribution in [1.82, 2.24) is 19.7 Å². The fourth-order valence-corrected chi connectivity index (χ4v) is 3.85. The number of aromatic nitrogens is 4. The molecule has 0 saturated carbocycles. The van der Waals surface area contributed by atoms with Crippen molar-refractivity contribution >= 4 is 17.5 Å². The molecule has 3 heterocycles. The van der Waals surface area contributed by atoms with Crippen LogP contribution in [0.25, 0.3) is 11.4 Å². The topological polar surface area (TPSA) is 84.7 Å². The Labute approximate surface area is 185 Å². The van der Waals surface area contributed by atoms with E-state index in [1.165, 1.54) is 5.56 Å². The standard InChI is InChI=1S/C25H22N6O/c1-16-10-12-19(13-11-16)23-29-25-27-17(2)21(24(32)28-20-9-6-14-26-15-20)22(31(25)30-23)18-7-4-3-5-8-18/h3-15,22H,1-2H3,(H,28,32)(H,27,29,30). The molecule has 2 aromatic carbocycles. The van der Waals surface area contributed by atoms with E-state index < -0.39 is 6.04 Å². The third-order valence-electron chi connectivity index (χ3n) is 5.44. The van der Waals surface area contributed by atoms with Crippen LogP contribution in [0, 0.1) is 6.92 Å². The van der Waals surface area contributed by atoms with Gasteiger partial charge in [-0.3, -0.25) is 9.78 Å². The zero-order chi connectivity index (χ0) is 22.1. The van der Waals surface area contributed by atoms with Gasteiger partial charge < -0.3 is 10.6 Å². The summed E-state index contributed by atoms with van der Waals surface area (Å²) < 4.78 is 1.79. The van der Waals surface area contributed by atoms with E-state index in [0.717, 1.165) is 16.8 Å². The molecule has 5 rings (SSSR count). The molecule has 0 saturated heterocycles. The molecule has 1 atom stereocenters.